The number of aromatic amines is 1. The van der Waals surface area contributed by atoms with E-state index in [1.807, 2.05) is 67.5 Å². The van der Waals surface area contributed by atoms with Gasteiger partial charge in [-0.3, -0.25) is 9.78 Å². The van der Waals surface area contributed by atoms with E-state index < -0.39 is 0 Å². The third-order valence-electron chi connectivity index (χ3n) is 4.14. The van der Waals surface area contributed by atoms with Crippen LogP contribution in [0, 0.1) is 6.92 Å². The summed E-state index contributed by atoms with van der Waals surface area (Å²) in [5, 5.41) is 3.18. The smallest absolute Gasteiger partial charge is 0.255 e. The van der Waals surface area contributed by atoms with Crippen molar-refractivity contribution in [2.24, 2.45) is 0 Å². The van der Waals surface area contributed by atoms with E-state index in [4.69, 9.17) is 4.74 Å². The van der Waals surface area contributed by atoms with E-state index in [2.05, 4.69) is 15.3 Å². The van der Waals surface area contributed by atoms with Crippen LogP contribution in [-0.4, -0.2) is 31.2 Å². The van der Waals surface area contributed by atoms with E-state index >= 15 is 0 Å². The average molecular weight is 350 g/mol. The second-order valence-electron chi connectivity index (χ2n) is 6.19. The van der Waals surface area contributed by atoms with Crippen LogP contribution in [0.3, 0.4) is 0 Å². The van der Waals surface area contributed by atoms with E-state index in [1.54, 1.807) is 14.0 Å². The van der Waals surface area contributed by atoms with Crippen LogP contribution in [0.1, 0.15) is 5.56 Å². The molecule has 3 rings (SSSR count). The molecule has 0 aliphatic rings. The summed E-state index contributed by atoms with van der Waals surface area (Å²) in [6, 6.07) is 15.4. The molecule has 0 saturated carbocycles. The maximum Gasteiger partial charge on any atom is 0.255 e. The number of methoxy groups -OCH3 is 1. The molecule has 2 N–H and O–H groups in total. The van der Waals surface area contributed by atoms with E-state index in [1.165, 1.54) is 0 Å². The van der Waals surface area contributed by atoms with Gasteiger partial charge in [0.1, 0.15) is 5.75 Å². The normalized spacial score (nSPS) is 10.5. The van der Waals surface area contributed by atoms with Gasteiger partial charge in [0, 0.05) is 36.6 Å². The maximum absolute atomic E-state index is 12.4. The van der Waals surface area contributed by atoms with Crippen LogP contribution in [0.25, 0.3) is 11.3 Å². The number of H-pyrrole nitrogens is 1. The van der Waals surface area contributed by atoms with E-state index in [9.17, 15) is 4.79 Å². The van der Waals surface area contributed by atoms with Crippen molar-refractivity contribution in [1.29, 1.82) is 0 Å². The molecular weight excluding hydrogens is 328 g/mol. The van der Waals surface area contributed by atoms with E-state index in [-0.39, 0.29) is 5.56 Å². The van der Waals surface area contributed by atoms with Gasteiger partial charge in [-0.25, -0.2) is 4.98 Å². The Balaban J connectivity index is 1.97. The van der Waals surface area contributed by atoms with Gasteiger partial charge in [-0.15, -0.1) is 0 Å². The molecule has 2 aromatic carbocycles. The van der Waals surface area contributed by atoms with Crippen LogP contribution in [-0.2, 0) is 0 Å². The molecule has 0 saturated heterocycles. The molecule has 0 unspecified atom stereocenters. The molecule has 0 fully saturated rings. The number of aromatic nitrogens is 2. The summed E-state index contributed by atoms with van der Waals surface area (Å²) in [6.07, 6.45) is 0. The van der Waals surface area contributed by atoms with Gasteiger partial charge in [-0.1, -0.05) is 6.07 Å². The minimum Gasteiger partial charge on any atom is -0.497 e. The number of nitrogens with zero attached hydrogens (tertiary/aromatic N) is 2. The van der Waals surface area contributed by atoms with Crippen LogP contribution >= 0.6 is 0 Å². The molecule has 0 radical (unpaired) electrons. The Kier molecular flexibility index (Phi) is 4.93. The number of hydrogen-bond donors (Lipinski definition) is 2. The Morgan fingerprint density at radius 1 is 1.12 bits per heavy atom. The fourth-order valence-corrected chi connectivity index (χ4v) is 2.62. The fourth-order valence-electron chi connectivity index (χ4n) is 2.62. The Hall–Kier alpha value is -3.28. The SMILES string of the molecule is COc1ccc(-c2nc(Nc3cccc(N(C)C)c3)[nH]c(=O)c2C)cc1. The van der Waals surface area contributed by atoms with Gasteiger partial charge in [0.15, 0.2) is 0 Å². The standard InChI is InChI=1S/C20H22N4O2/c1-13-18(14-8-10-17(26-4)11-9-14)22-20(23-19(13)25)21-15-6-5-7-16(12-15)24(2)3/h5-12H,1-4H3,(H2,21,22,23,25). The third kappa shape index (κ3) is 3.69. The molecule has 26 heavy (non-hydrogen) atoms. The molecule has 0 aliphatic carbocycles. The summed E-state index contributed by atoms with van der Waals surface area (Å²) in [4.78, 5) is 21.8. The predicted molar refractivity (Wildman–Crippen MR) is 106 cm³/mol. The van der Waals surface area contributed by atoms with Crippen molar-refractivity contribution in [3.8, 4) is 17.0 Å². The zero-order valence-electron chi connectivity index (χ0n) is 15.3. The number of nitrogens with one attached hydrogen (secondary N) is 2. The van der Waals surface area contributed by atoms with Gasteiger partial charge in [-0.05, 0) is 49.4 Å². The number of hydrogen-bond acceptors (Lipinski definition) is 5. The van der Waals surface area contributed by atoms with Crippen LogP contribution in [0.5, 0.6) is 5.75 Å². The van der Waals surface area contributed by atoms with Crippen molar-refractivity contribution >= 4 is 17.3 Å². The quantitative estimate of drug-likeness (QED) is 0.736. The predicted octanol–water partition coefficient (Wildman–Crippen LogP) is 3.56. The first-order valence-corrected chi connectivity index (χ1v) is 8.27. The van der Waals surface area contributed by atoms with Gasteiger partial charge in [0.2, 0.25) is 5.95 Å². The Labute approximate surface area is 152 Å². The third-order valence-corrected chi connectivity index (χ3v) is 4.14. The minimum absolute atomic E-state index is 0.169. The molecule has 0 atom stereocenters. The monoisotopic (exact) mass is 350 g/mol. The summed E-state index contributed by atoms with van der Waals surface area (Å²) in [5.74, 6) is 1.16. The molecule has 6 heteroatoms. The second kappa shape index (κ2) is 7.31. The maximum atomic E-state index is 12.4. The summed E-state index contributed by atoms with van der Waals surface area (Å²) >= 11 is 0. The molecule has 134 valence electrons. The van der Waals surface area contributed by atoms with Crippen molar-refractivity contribution < 1.29 is 4.74 Å². The molecule has 3 aromatic rings. The van der Waals surface area contributed by atoms with E-state index in [0.29, 0.717) is 17.2 Å². The lowest BCUT2D eigenvalue weighted by atomic mass is 10.1. The van der Waals surface area contributed by atoms with Crippen molar-refractivity contribution in [1.82, 2.24) is 9.97 Å². The lowest BCUT2D eigenvalue weighted by Crippen LogP contribution is -2.15. The number of anilines is 3. The highest BCUT2D eigenvalue weighted by molar-refractivity contribution is 5.67. The van der Waals surface area contributed by atoms with Crippen molar-refractivity contribution in [3.05, 3.63) is 64.4 Å². The van der Waals surface area contributed by atoms with Crippen LogP contribution in [0.2, 0.25) is 0 Å². The van der Waals surface area contributed by atoms with Gasteiger partial charge in [0.25, 0.3) is 5.56 Å². The second-order valence-corrected chi connectivity index (χ2v) is 6.19. The first kappa shape index (κ1) is 17.5. The largest absolute Gasteiger partial charge is 0.497 e. The number of benzene rings is 2. The highest BCUT2D eigenvalue weighted by Gasteiger charge is 2.10. The molecule has 0 bridgehead atoms. The summed E-state index contributed by atoms with van der Waals surface area (Å²) in [7, 11) is 5.58. The molecular formula is C20H22N4O2. The lowest BCUT2D eigenvalue weighted by Gasteiger charge is -2.14. The zero-order chi connectivity index (χ0) is 18.7. The average Bonchev–Trinajstić information content (AvgIpc) is 2.65. The molecule has 6 nitrogen and oxygen atoms in total. The molecule has 0 amide bonds. The fraction of sp³-hybridized carbons (Fsp3) is 0.200. The van der Waals surface area contributed by atoms with Gasteiger partial charge in [0.05, 0.1) is 12.8 Å². The Morgan fingerprint density at radius 3 is 2.50 bits per heavy atom. The van der Waals surface area contributed by atoms with Gasteiger partial charge >= 0.3 is 0 Å². The summed E-state index contributed by atoms with van der Waals surface area (Å²) < 4.78 is 5.19. The van der Waals surface area contributed by atoms with Crippen LogP contribution in [0.15, 0.2) is 53.3 Å². The highest BCUT2D eigenvalue weighted by atomic mass is 16.5. The molecule has 1 aromatic heterocycles. The molecule has 1 heterocycles. The van der Waals surface area contributed by atoms with Crippen LogP contribution in [0.4, 0.5) is 17.3 Å². The van der Waals surface area contributed by atoms with Crippen molar-refractivity contribution in [3.63, 3.8) is 0 Å². The van der Waals surface area contributed by atoms with Crippen LogP contribution < -0.4 is 20.5 Å². The molecule has 0 aliphatic heterocycles. The Morgan fingerprint density at radius 2 is 1.85 bits per heavy atom. The first-order valence-electron chi connectivity index (χ1n) is 8.27. The topological polar surface area (TPSA) is 70.2 Å². The zero-order valence-corrected chi connectivity index (χ0v) is 15.3. The van der Waals surface area contributed by atoms with Gasteiger partial charge < -0.3 is 15.0 Å². The number of rotatable bonds is 5. The minimum atomic E-state index is -0.169. The van der Waals surface area contributed by atoms with E-state index in [0.717, 1.165) is 22.7 Å². The van der Waals surface area contributed by atoms with Crippen molar-refractivity contribution in [2.45, 2.75) is 6.92 Å². The summed E-state index contributed by atoms with van der Waals surface area (Å²) in [6.45, 7) is 1.77. The van der Waals surface area contributed by atoms with Gasteiger partial charge in [-0.2, -0.15) is 0 Å². The van der Waals surface area contributed by atoms with Crippen molar-refractivity contribution in [2.75, 3.05) is 31.4 Å². The summed E-state index contributed by atoms with van der Waals surface area (Å²) in [5.41, 5.74) is 3.81. The highest BCUT2D eigenvalue weighted by Crippen LogP contribution is 2.24. The number of ether oxygens (including phenoxy) is 1. The molecule has 0 spiro atoms. The first-order chi connectivity index (χ1) is 12.5. The lowest BCUT2D eigenvalue weighted by molar-refractivity contribution is 0.415. The Bertz CT molecular complexity index is 962.